The number of aromatic nitrogens is 4. The van der Waals surface area contributed by atoms with Crippen molar-refractivity contribution in [1.82, 2.24) is 30.4 Å². The van der Waals surface area contributed by atoms with E-state index in [1.54, 1.807) is 0 Å². The molecule has 0 atom stereocenters. The molecule has 0 unspecified atom stereocenters. The highest BCUT2D eigenvalue weighted by Gasteiger charge is 2.43. The fourth-order valence-corrected chi connectivity index (χ4v) is 10.5. The SMILES string of the molecule is C.C.C.C[Si](C)(C)N=[N+]=[N-].N#CC(CCN1CCC(c2ccccc2)(c2nn[nH]n2)CC1)(c1ccccc1)c1ccccc1.N#CC1(c2ccccc2)CCN(CCC(C#N)(c2ccccc2)c2ccccc2)CC1. The molecule has 75 heavy (non-hydrogen) atoms. The summed E-state index contributed by atoms with van der Waals surface area (Å²) in [5, 5.41) is 46.1. The molecule has 1 N–H and O–H groups in total. The van der Waals surface area contributed by atoms with Gasteiger partial charge in [0.2, 0.25) is 0 Å². The van der Waals surface area contributed by atoms with Crippen molar-refractivity contribution < 1.29 is 0 Å². The number of nitrogens with zero attached hydrogens (tertiary/aromatic N) is 11. The zero-order valence-corrected chi connectivity index (χ0v) is 42.7. The highest BCUT2D eigenvalue weighted by Crippen LogP contribution is 2.42. The number of nitrogens with one attached hydrogen (secondary N) is 1. The Labute approximate surface area is 448 Å². The number of rotatable bonds is 14. The summed E-state index contributed by atoms with van der Waals surface area (Å²) in [6.45, 7) is 11.2. The van der Waals surface area contributed by atoms with Crippen molar-refractivity contribution in [2.24, 2.45) is 4.78 Å². The lowest BCUT2D eigenvalue weighted by molar-refractivity contribution is 0.168. The van der Waals surface area contributed by atoms with E-state index in [0.29, 0.717) is 0 Å². The van der Waals surface area contributed by atoms with E-state index in [2.05, 4.69) is 143 Å². The number of benzene rings is 6. The van der Waals surface area contributed by atoms with E-state index in [1.807, 2.05) is 117 Å². The molecule has 2 fully saturated rings. The lowest BCUT2D eigenvalue weighted by Gasteiger charge is -2.41. The average Bonchev–Trinajstić information content (AvgIpc) is 4.00. The van der Waals surface area contributed by atoms with Crippen LogP contribution in [0, 0.1) is 34.0 Å². The second kappa shape index (κ2) is 28.1. The molecule has 0 spiro atoms. The van der Waals surface area contributed by atoms with E-state index in [4.69, 9.17) is 5.53 Å². The first-order valence-electron chi connectivity index (χ1n) is 24.9. The number of piperidine rings is 2. The van der Waals surface area contributed by atoms with Gasteiger partial charge in [0.15, 0.2) is 5.82 Å². The first-order chi connectivity index (χ1) is 35.0. The van der Waals surface area contributed by atoms with Crippen LogP contribution in [-0.2, 0) is 21.7 Å². The van der Waals surface area contributed by atoms with Gasteiger partial charge in [0, 0.05) is 13.1 Å². The molecular weight excluding hydrogens is 941 g/mol. The largest absolute Gasteiger partial charge is 0.303 e. The van der Waals surface area contributed by atoms with Gasteiger partial charge in [0.05, 0.1) is 29.0 Å². The Hall–Kier alpha value is -7.69. The Balaban J connectivity index is 0.000000279. The Bertz CT molecular complexity index is 2810. The molecule has 2 aliphatic heterocycles. The van der Waals surface area contributed by atoms with E-state index in [1.165, 1.54) is 5.56 Å². The molecule has 3 heterocycles. The summed E-state index contributed by atoms with van der Waals surface area (Å²) in [7, 11) is -1.45. The van der Waals surface area contributed by atoms with Gasteiger partial charge in [-0.25, -0.2) is 0 Å². The second-order valence-corrected chi connectivity index (χ2v) is 24.3. The molecule has 7 aromatic rings. The molecule has 2 aliphatic rings. The van der Waals surface area contributed by atoms with Crippen LogP contribution in [0.2, 0.25) is 19.6 Å². The van der Waals surface area contributed by atoms with Crippen LogP contribution in [-0.4, -0.2) is 77.9 Å². The molecule has 0 radical (unpaired) electrons. The standard InChI is InChI=1S/C28H28N6.C28H27N3.C3H9N3Si.3CH4/c29-22-28(24-12-6-2-7-13-24,25-14-8-3-9-15-25)18-21-34-19-16-27(17-20-34,26-30-32-33-31-26)23-10-4-1-5-11-23;29-22-27(24-10-4-1-5-11-24)16-19-31(20-17-27)21-18-28(23-30,25-12-6-2-7-13-25)26-14-8-3-9-15-26;1-7(2,3)6-5-4;;;/h1-15H,16-21H2,(H,30,31,32,33);1-15H,16-21H2;1-3H3;3*1H4. The monoisotopic (exact) mass is 1020 g/mol. The van der Waals surface area contributed by atoms with Gasteiger partial charge < -0.3 is 9.80 Å². The van der Waals surface area contributed by atoms with Gasteiger partial charge in [-0.15, -0.1) is 15.0 Å². The van der Waals surface area contributed by atoms with Crippen LogP contribution in [0.5, 0.6) is 0 Å². The number of hydrogen-bond acceptors (Lipinski definition) is 9. The van der Waals surface area contributed by atoms with Crippen LogP contribution in [0.15, 0.2) is 187 Å². The van der Waals surface area contributed by atoms with Crippen molar-refractivity contribution in [1.29, 1.82) is 15.8 Å². The van der Waals surface area contributed by atoms with Gasteiger partial charge in [-0.1, -0.05) is 229 Å². The molecule has 0 aliphatic carbocycles. The molecule has 12 nitrogen and oxygen atoms in total. The molecular formula is C62H76N12Si. The maximum atomic E-state index is 10.5. The Morgan fingerprint density at radius 3 is 1.20 bits per heavy atom. The van der Waals surface area contributed by atoms with Gasteiger partial charge in [-0.3, -0.25) is 0 Å². The molecule has 2 saturated heterocycles. The number of nitriles is 3. The van der Waals surface area contributed by atoms with Gasteiger partial charge in [0.25, 0.3) is 0 Å². The predicted octanol–water partition coefficient (Wildman–Crippen LogP) is 14.0. The van der Waals surface area contributed by atoms with Crippen LogP contribution >= 0.6 is 0 Å². The van der Waals surface area contributed by atoms with Crippen LogP contribution < -0.4 is 0 Å². The summed E-state index contributed by atoms with van der Waals surface area (Å²) in [5.41, 5.74) is 12.4. The molecule has 13 heteroatoms. The third-order valence-electron chi connectivity index (χ3n) is 14.5. The summed E-state index contributed by atoms with van der Waals surface area (Å²) >= 11 is 0. The molecule has 0 bridgehead atoms. The van der Waals surface area contributed by atoms with Crippen molar-refractivity contribution in [2.45, 2.75) is 102 Å². The van der Waals surface area contributed by atoms with Crippen LogP contribution in [0.25, 0.3) is 10.4 Å². The molecule has 388 valence electrons. The van der Waals surface area contributed by atoms with Crippen molar-refractivity contribution in [3.8, 4) is 18.2 Å². The minimum atomic E-state index is -1.45. The van der Waals surface area contributed by atoms with Crippen LogP contribution in [0.1, 0.15) is 100 Å². The number of hydrogen-bond donors (Lipinski definition) is 1. The Morgan fingerprint density at radius 1 is 0.560 bits per heavy atom. The van der Waals surface area contributed by atoms with Crippen LogP contribution in [0.3, 0.4) is 0 Å². The van der Waals surface area contributed by atoms with Crippen molar-refractivity contribution in [3.05, 3.63) is 232 Å². The van der Waals surface area contributed by atoms with E-state index in [9.17, 15) is 15.8 Å². The summed E-state index contributed by atoms with van der Waals surface area (Å²) in [4.78, 5) is 7.58. The zero-order chi connectivity index (χ0) is 50.8. The topological polar surface area (TPSA) is 181 Å². The molecule has 0 saturated carbocycles. The maximum Gasteiger partial charge on any atom is 0.185 e. The molecule has 0 amide bonds. The lowest BCUT2D eigenvalue weighted by atomic mass is 9.71. The van der Waals surface area contributed by atoms with Crippen molar-refractivity contribution >= 4 is 8.24 Å². The van der Waals surface area contributed by atoms with Gasteiger partial charge in [0.1, 0.15) is 19.1 Å². The van der Waals surface area contributed by atoms with E-state index >= 15 is 0 Å². The van der Waals surface area contributed by atoms with Gasteiger partial charge >= 0.3 is 0 Å². The highest BCUT2D eigenvalue weighted by molar-refractivity contribution is 6.74. The fourth-order valence-electron chi connectivity index (χ4n) is 10.3. The Kier molecular flexibility index (Phi) is 22.4. The number of likely N-dealkylation sites (tertiary alicyclic amines) is 2. The third kappa shape index (κ3) is 14.3. The summed E-state index contributed by atoms with van der Waals surface area (Å²) < 4.78 is 3.58. The van der Waals surface area contributed by atoms with Crippen molar-refractivity contribution in [2.75, 3.05) is 39.3 Å². The van der Waals surface area contributed by atoms with E-state index in [0.717, 1.165) is 111 Å². The van der Waals surface area contributed by atoms with E-state index < -0.39 is 24.5 Å². The maximum absolute atomic E-state index is 10.5. The smallest absolute Gasteiger partial charge is 0.185 e. The predicted molar refractivity (Wildman–Crippen MR) is 307 cm³/mol. The fraction of sp³-hybridized carbons (Fsp3) is 0.355. The van der Waals surface area contributed by atoms with E-state index in [-0.39, 0.29) is 27.7 Å². The first kappa shape index (κ1) is 59.9. The van der Waals surface area contributed by atoms with Gasteiger partial charge in [-0.05, 0) is 109 Å². The minimum Gasteiger partial charge on any atom is -0.303 e. The van der Waals surface area contributed by atoms with Gasteiger partial charge in [-0.2, -0.15) is 21.0 Å². The number of tetrazole rings is 1. The average molecular weight is 1020 g/mol. The first-order valence-corrected chi connectivity index (χ1v) is 28.3. The second-order valence-electron chi connectivity index (χ2n) is 19.8. The summed E-state index contributed by atoms with van der Waals surface area (Å²) in [6, 6.07) is 69.3. The molecule has 1 aromatic heterocycles. The lowest BCUT2D eigenvalue weighted by Crippen LogP contribution is -2.45. The minimum absolute atomic E-state index is 0. The number of aromatic amines is 1. The number of azide groups is 1. The quantitative estimate of drug-likeness (QED) is 0.0483. The highest BCUT2D eigenvalue weighted by atomic mass is 28.3. The zero-order valence-electron chi connectivity index (χ0n) is 41.7. The molecule has 9 rings (SSSR count). The summed E-state index contributed by atoms with van der Waals surface area (Å²) in [6.07, 6.45) is 4.92. The third-order valence-corrected chi connectivity index (χ3v) is 15.1. The normalized spacial score (nSPS) is 14.9. The summed E-state index contributed by atoms with van der Waals surface area (Å²) in [5.74, 6) is 0.762. The molecule has 6 aromatic carbocycles. The Morgan fingerprint density at radius 2 is 0.907 bits per heavy atom. The van der Waals surface area contributed by atoms with Crippen LogP contribution in [0.4, 0.5) is 0 Å². The van der Waals surface area contributed by atoms with Crippen molar-refractivity contribution in [3.63, 3.8) is 0 Å². The number of H-pyrrole nitrogens is 1.